The molecule has 1 saturated heterocycles. The van der Waals surface area contributed by atoms with Crippen molar-refractivity contribution in [1.82, 2.24) is 16.0 Å². The molecule has 1 atom stereocenters. The normalized spacial score (nSPS) is 36.2. The Morgan fingerprint density at radius 1 is 1.04 bits per heavy atom. The third-order valence-corrected chi connectivity index (χ3v) is 7.19. The summed E-state index contributed by atoms with van der Waals surface area (Å²) in [5.74, 6) is 3.03. The molecule has 5 fully saturated rings. The van der Waals surface area contributed by atoms with E-state index in [2.05, 4.69) is 16.0 Å². The predicted octanol–water partition coefficient (Wildman–Crippen LogP) is 2.10. The Bertz CT molecular complexity index is 512. The molecule has 0 radical (unpaired) electrons. The second-order valence-electron chi connectivity index (χ2n) is 9.66. The van der Waals surface area contributed by atoms with Crippen molar-refractivity contribution in [2.45, 2.75) is 58.4 Å². The van der Waals surface area contributed by atoms with Gasteiger partial charge in [0.2, 0.25) is 11.8 Å². The third-order valence-electron chi connectivity index (χ3n) is 7.19. The van der Waals surface area contributed by atoms with Gasteiger partial charge in [0.15, 0.2) is 0 Å². The molecule has 4 aliphatic carbocycles. The first-order valence-electron chi connectivity index (χ1n) is 10.2. The van der Waals surface area contributed by atoms with E-state index in [4.69, 9.17) is 0 Å². The molecule has 4 bridgehead atoms. The Balaban J connectivity index is 0.00000196. The molecule has 0 aromatic heterocycles. The minimum absolute atomic E-state index is 0. The van der Waals surface area contributed by atoms with E-state index in [1.54, 1.807) is 0 Å². The van der Waals surface area contributed by atoms with Gasteiger partial charge in [0, 0.05) is 31.0 Å². The predicted molar refractivity (Wildman–Crippen MR) is 104 cm³/mol. The molecular weight excluding hydrogens is 350 g/mol. The van der Waals surface area contributed by atoms with Crippen molar-refractivity contribution in [2.75, 3.05) is 19.6 Å². The van der Waals surface area contributed by atoms with Crippen molar-refractivity contribution < 1.29 is 9.59 Å². The van der Waals surface area contributed by atoms with Crippen LogP contribution in [0.2, 0.25) is 0 Å². The van der Waals surface area contributed by atoms with Gasteiger partial charge in [-0.25, -0.2) is 0 Å². The van der Waals surface area contributed by atoms with Gasteiger partial charge in [0.1, 0.15) is 6.04 Å². The number of halogens is 1. The van der Waals surface area contributed by atoms with Crippen LogP contribution in [0.15, 0.2) is 0 Å². The van der Waals surface area contributed by atoms with Crippen LogP contribution < -0.4 is 16.0 Å². The average Bonchev–Trinajstić information content (AvgIpc) is 2.48. The fourth-order valence-electron chi connectivity index (χ4n) is 6.07. The maximum Gasteiger partial charge on any atom is 0.242 e. The summed E-state index contributed by atoms with van der Waals surface area (Å²) in [7, 11) is 0. The molecule has 0 aromatic rings. The number of hydrogen-bond acceptors (Lipinski definition) is 3. The highest BCUT2D eigenvalue weighted by Gasteiger charge is 2.55. The highest BCUT2D eigenvalue weighted by molar-refractivity contribution is 5.90. The van der Waals surface area contributed by atoms with E-state index in [0.717, 1.165) is 50.1 Å². The summed E-state index contributed by atoms with van der Waals surface area (Å²) in [5, 5.41) is 9.44. The van der Waals surface area contributed by atoms with Gasteiger partial charge in [-0.3, -0.25) is 9.59 Å². The number of carbonyl (C=O) groups excluding carboxylic acids is 2. The van der Waals surface area contributed by atoms with Crippen LogP contribution in [0.3, 0.4) is 0 Å². The molecule has 5 aliphatic rings. The van der Waals surface area contributed by atoms with E-state index in [9.17, 15) is 9.59 Å². The fourth-order valence-corrected chi connectivity index (χ4v) is 6.07. The molecule has 4 saturated carbocycles. The van der Waals surface area contributed by atoms with Crippen molar-refractivity contribution in [3.8, 4) is 0 Å². The molecule has 2 amide bonds. The average molecular weight is 384 g/mol. The highest BCUT2D eigenvalue weighted by atomic mass is 35.5. The highest BCUT2D eigenvalue weighted by Crippen LogP contribution is 2.60. The van der Waals surface area contributed by atoms with Crippen molar-refractivity contribution in [3.63, 3.8) is 0 Å². The van der Waals surface area contributed by atoms with E-state index in [1.165, 1.54) is 19.3 Å². The molecular formula is C20H34ClN3O2. The molecule has 6 heteroatoms. The Morgan fingerprint density at radius 3 is 2.00 bits per heavy atom. The van der Waals surface area contributed by atoms with E-state index in [1.807, 2.05) is 13.8 Å². The maximum absolute atomic E-state index is 13.2. The lowest BCUT2D eigenvalue weighted by atomic mass is 9.49. The van der Waals surface area contributed by atoms with Crippen molar-refractivity contribution >= 4 is 24.2 Å². The lowest BCUT2D eigenvalue weighted by Crippen LogP contribution is -2.59. The number of rotatable bonds is 6. The van der Waals surface area contributed by atoms with E-state index < -0.39 is 6.04 Å². The molecule has 3 N–H and O–H groups in total. The smallest absolute Gasteiger partial charge is 0.242 e. The zero-order valence-electron chi connectivity index (χ0n) is 16.1. The molecule has 1 aliphatic heterocycles. The van der Waals surface area contributed by atoms with Gasteiger partial charge < -0.3 is 16.0 Å². The van der Waals surface area contributed by atoms with Gasteiger partial charge in [-0.05, 0) is 62.2 Å². The first-order chi connectivity index (χ1) is 11.9. The first-order valence-corrected chi connectivity index (χ1v) is 10.2. The fraction of sp³-hybridized carbons (Fsp3) is 0.900. The Labute approximate surface area is 163 Å². The molecule has 26 heavy (non-hydrogen) atoms. The summed E-state index contributed by atoms with van der Waals surface area (Å²) in [6.07, 6.45) is 7.13. The zero-order chi connectivity index (χ0) is 17.6. The van der Waals surface area contributed by atoms with E-state index in [0.29, 0.717) is 12.5 Å². The molecule has 0 aromatic carbocycles. The molecule has 0 spiro atoms. The topological polar surface area (TPSA) is 70.2 Å². The van der Waals surface area contributed by atoms with Crippen LogP contribution in [-0.4, -0.2) is 37.5 Å². The minimum atomic E-state index is -0.409. The van der Waals surface area contributed by atoms with Crippen LogP contribution in [0.25, 0.3) is 0 Å². The quantitative estimate of drug-likeness (QED) is 0.657. The summed E-state index contributed by atoms with van der Waals surface area (Å²) in [5.41, 5.74) is -0.180. The van der Waals surface area contributed by atoms with Crippen LogP contribution in [-0.2, 0) is 9.59 Å². The van der Waals surface area contributed by atoms with Crippen molar-refractivity contribution in [2.24, 2.45) is 35.0 Å². The zero-order valence-corrected chi connectivity index (χ0v) is 16.9. The second-order valence-corrected chi connectivity index (χ2v) is 9.66. The van der Waals surface area contributed by atoms with Crippen LogP contribution >= 0.6 is 12.4 Å². The van der Waals surface area contributed by atoms with Gasteiger partial charge in [-0.2, -0.15) is 0 Å². The largest absolute Gasteiger partial charge is 0.354 e. The minimum Gasteiger partial charge on any atom is -0.354 e. The van der Waals surface area contributed by atoms with E-state index >= 15 is 0 Å². The van der Waals surface area contributed by atoms with Crippen LogP contribution in [0.4, 0.5) is 0 Å². The molecule has 5 rings (SSSR count). The lowest BCUT2D eigenvalue weighted by Gasteiger charge is -2.55. The summed E-state index contributed by atoms with van der Waals surface area (Å²) in [6.45, 7) is 6.71. The maximum atomic E-state index is 13.2. The SMILES string of the molecule is CC(C)C(NC(=O)C12CC3CC(CC(C3)C1)C2)C(=O)NCC1CNC1.Cl. The molecule has 148 valence electrons. The summed E-state index contributed by atoms with van der Waals surface area (Å²) >= 11 is 0. The number of carbonyl (C=O) groups is 2. The lowest BCUT2D eigenvalue weighted by molar-refractivity contribution is -0.149. The Morgan fingerprint density at radius 2 is 1.58 bits per heavy atom. The Kier molecular flexibility index (Phi) is 5.88. The summed E-state index contributed by atoms with van der Waals surface area (Å²) in [6, 6.07) is -0.409. The standard InChI is InChI=1S/C20H33N3O2.ClH/c1-12(2)17(18(24)22-11-16-9-21-10-16)23-19(25)20-6-13-3-14(7-20)5-15(4-13)8-20;/h12-17,21H,3-11H2,1-2H3,(H,22,24)(H,23,25);1H. The van der Waals surface area contributed by atoms with Crippen LogP contribution in [0.5, 0.6) is 0 Å². The van der Waals surface area contributed by atoms with Gasteiger partial charge in [-0.15, -0.1) is 12.4 Å². The second kappa shape index (κ2) is 7.67. The van der Waals surface area contributed by atoms with Crippen LogP contribution in [0, 0.1) is 35.0 Å². The molecule has 5 nitrogen and oxygen atoms in total. The molecule has 1 heterocycles. The van der Waals surface area contributed by atoms with Crippen LogP contribution in [0.1, 0.15) is 52.4 Å². The van der Waals surface area contributed by atoms with Gasteiger partial charge in [0.05, 0.1) is 0 Å². The molecule has 1 unspecified atom stereocenters. The van der Waals surface area contributed by atoms with E-state index in [-0.39, 0.29) is 35.6 Å². The van der Waals surface area contributed by atoms with Crippen molar-refractivity contribution in [1.29, 1.82) is 0 Å². The van der Waals surface area contributed by atoms with Gasteiger partial charge in [0.25, 0.3) is 0 Å². The third kappa shape index (κ3) is 3.75. The number of hydrogen-bond donors (Lipinski definition) is 3. The Hall–Kier alpha value is -0.810. The number of nitrogens with one attached hydrogen (secondary N) is 3. The first kappa shape index (κ1) is 19.9. The monoisotopic (exact) mass is 383 g/mol. The van der Waals surface area contributed by atoms with Gasteiger partial charge in [-0.1, -0.05) is 13.8 Å². The number of amides is 2. The summed E-state index contributed by atoms with van der Waals surface area (Å²) < 4.78 is 0. The van der Waals surface area contributed by atoms with Crippen molar-refractivity contribution in [3.05, 3.63) is 0 Å². The summed E-state index contributed by atoms with van der Waals surface area (Å²) in [4.78, 5) is 25.9. The van der Waals surface area contributed by atoms with Gasteiger partial charge >= 0.3 is 0 Å².